The van der Waals surface area contributed by atoms with Gasteiger partial charge in [0, 0.05) is 0 Å². The first-order chi connectivity index (χ1) is 8.78. The van der Waals surface area contributed by atoms with E-state index in [0.717, 1.165) is 5.92 Å². The minimum atomic E-state index is 0.958. The van der Waals surface area contributed by atoms with Crippen molar-refractivity contribution in [1.82, 2.24) is 4.90 Å². The molecule has 0 aromatic heterocycles. The highest BCUT2D eigenvalue weighted by Crippen LogP contribution is 2.22. The summed E-state index contributed by atoms with van der Waals surface area (Å²) in [6.07, 6.45) is 6.76. The van der Waals surface area contributed by atoms with Crippen LogP contribution in [0.15, 0.2) is 24.3 Å². The number of nitrogens with zero attached hydrogens (tertiary/aromatic N) is 1. The van der Waals surface area contributed by atoms with Crippen LogP contribution >= 0.6 is 0 Å². The van der Waals surface area contributed by atoms with Crippen LogP contribution in [-0.2, 0) is 6.42 Å². The third kappa shape index (κ3) is 4.13. The molecular formula is C17H27N. The van der Waals surface area contributed by atoms with Crippen molar-refractivity contribution in [1.29, 1.82) is 0 Å². The normalized spacial score (nSPS) is 18.1. The highest BCUT2D eigenvalue weighted by atomic mass is 15.1. The summed E-state index contributed by atoms with van der Waals surface area (Å²) in [6, 6.07) is 9.06. The van der Waals surface area contributed by atoms with E-state index < -0.39 is 0 Å². The van der Waals surface area contributed by atoms with Gasteiger partial charge in [-0.3, -0.25) is 0 Å². The molecule has 18 heavy (non-hydrogen) atoms. The largest absolute Gasteiger partial charge is 0.303 e. The van der Waals surface area contributed by atoms with Crippen molar-refractivity contribution in [3.63, 3.8) is 0 Å². The van der Waals surface area contributed by atoms with Crippen molar-refractivity contribution < 1.29 is 0 Å². The molecule has 2 rings (SSSR count). The Bertz CT molecular complexity index is 333. The van der Waals surface area contributed by atoms with Crippen LogP contribution in [0.25, 0.3) is 0 Å². The van der Waals surface area contributed by atoms with Crippen LogP contribution in [0.3, 0.4) is 0 Å². The average Bonchev–Trinajstić information content (AvgIpc) is 2.40. The number of benzene rings is 1. The zero-order valence-electron chi connectivity index (χ0n) is 12.0. The Kier molecular flexibility index (Phi) is 5.25. The predicted octanol–water partition coefficient (Wildman–Crippen LogP) is 4.05. The second-order valence-electron chi connectivity index (χ2n) is 5.81. The van der Waals surface area contributed by atoms with E-state index in [4.69, 9.17) is 0 Å². The Morgan fingerprint density at radius 1 is 1.11 bits per heavy atom. The predicted molar refractivity (Wildman–Crippen MR) is 79.0 cm³/mol. The Morgan fingerprint density at radius 2 is 1.78 bits per heavy atom. The van der Waals surface area contributed by atoms with Gasteiger partial charge in [0.15, 0.2) is 0 Å². The van der Waals surface area contributed by atoms with Crippen LogP contribution in [0.2, 0.25) is 0 Å². The van der Waals surface area contributed by atoms with Crippen LogP contribution in [0.1, 0.15) is 43.7 Å². The van der Waals surface area contributed by atoms with Gasteiger partial charge in [-0.25, -0.2) is 0 Å². The molecule has 0 amide bonds. The van der Waals surface area contributed by atoms with Gasteiger partial charge in [0.05, 0.1) is 0 Å². The molecule has 1 nitrogen and oxygen atoms in total. The first-order valence-electron chi connectivity index (χ1n) is 7.56. The van der Waals surface area contributed by atoms with Gasteiger partial charge >= 0.3 is 0 Å². The minimum absolute atomic E-state index is 0.958. The van der Waals surface area contributed by atoms with Crippen LogP contribution in [0.5, 0.6) is 0 Å². The summed E-state index contributed by atoms with van der Waals surface area (Å²) < 4.78 is 0. The molecule has 0 bridgehead atoms. The quantitative estimate of drug-likeness (QED) is 0.756. The number of aryl methyl sites for hydroxylation is 2. The van der Waals surface area contributed by atoms with Crippen LogP contribution in [0.4, 0.5) is 0 Å². The number of hydrogen-bond acceptors (Lipinski definition) is 1. The van der Waals surface area contributed by atoms with Crippen LogP contribution < -0.4 is 0 Å². The van der Waals surface area contributed by atoms with Crippen molar-refractivity contribution in [3.05, 3.63) is 35.4 Å². The first kappa shape index (κ1) is 13.6. The Hall–Kier alpha value is -0.820. The molecular weight excluding hydrogens is 218 g/mol. The highest BCUT2D eigenvalue weighted by Gasteiger charge is 2.18. The van der Waals surface area contributed by atoms with E-state index in [2.05, 4.69) is 43.0 Å². The molecule has 1 fully saturated rings. The lowest BCUT2D eigenvalue weighted by Gasteiger charge is -2.31. The summed E-state index contributed by atoms with van der Waals surface area (Å²) in [6.45, 7) is 8.39. The lowest BCUT2D eigenvalue weighted by molar-refractivity contribution is 0.179. The molecule has 1 heterocycles. The van der Waals surface area contributed by atoms with Crippen molar-refractivity contribution in [2.24, 2.45) is 5.92 Å². The maximum atomic E-state index is 2.63. The summed E-state index contributed by atoms with van der Waals surface area (Å²) in [5, 5.41) is 0. The second-order valence-corrected chi connectivity index (χ2v) is 5.81. The molecule has 0 aliphatic carbocycles. The van der Waals surface area contributed by atoms with Gasteiger partial charge < -0.3 is 4.90 Å². The van der Waals surface area contributed by atoms with Gasteiger partial charge in [0.2, 0.25) is 0 Å². The summed E-state index contributed by atoms with van der Waals surface area (Å²) in [5.74, 6) is 0.958. The summed E-state index contributed by atoms with van der Waals surface area (Å²) in [7, 11) is 0. The molecule has 1 aliphatic rings. The molecule has 1 aromatic carbocycles. The third-order valence-corrected chi connectivity index (χ3v) is 4.21. The van der Waals surface area contributed by atoms with E-state index in [0.29, 0.717) is 0 Å². The molecule has 1 heteroatoms. The molecule has 100 valence electrons. The second kappa shape index (κ2) is 6.94. The molecule has 1 saturated heterocycles. The van der Waals surface area contributed by atoms with Crippen molar-refractivity contribution >= 4 is 0 Å². The lowest BCUT2D eigenvalue weighted by Crippen LogP contribution is -2.34. The molecule has 0 saturated carbocycles. The van der Waals surface area contributed by atoms with Gasteiger partial charge in [0.25, 0.3) is 0 Å². The fraction of sp³-hybridized carbons (Fsp3) is 0.647. The number of hydrogen-bond donors (Lipinski definition) is 0. The van der Waals surface area contributed by atoms with Crippen LogP contribution in [-0.4, -0.2) is 24.5 Å². The molecule has 0 radical (unpaired) electrons. The Morgan fingerprint density at radius 3 is 2.39 bits per heavy atom. The molecule has 1 aromatic rings. The Labute approximate surface area is 112 Å². The maximum absolute atomic E-state index is 2.63. The molecule has 0 atom stereocenters. The van der Waals surface area contributed by atoms with E-state index in [1.165, 1.54) is 62.9 Å². The van der Waals surface area contributed by atoms with E-state index in [1.807, 2.05) is 0 Å². The molecule has 0 N–H and O–H groups in total. The fourth-order valence-electron chi connectivity index (χ4n) is 2.94. The van der Waals surface area contributed by atoms with Gasteiger partial charge in [0.1, 0.15) is 0 Å². The Balaban J connectivity index is 1.70. The average molecular weight is 245 g/mol. The zero-order chi connectivity index (χ0) is 12.8. The standard InChI is InChI=1S/C17H27N/c1-3-12-18-13-10-17(11-14-18)9-8-16-6-4-15(2)5-7-16/h4-7,17H,3,8-14H2,1-2H3. The van der Waals surface area contributed by atoms with E-state index in [9.17, 15) is 0 Å². The van der Waals surface area contributed by atoms with E-state index in [1.54, 1.807) is 0 Å². The summed E-state index contributed by atoms with van der Waals surface area (Å²) in [5.41, 5.74) is 2.88. The van der Waals surface area contributed by atoms with E-state index >= 15 is 0 Å². The molecule has 1 aliphatic heterocycles. The van der Waals surface area contributed by atoms with Gasteiger partial charge in [-0.05, 0) is 70.1 Å². The number of rotatable bonds is 5. The van der Waals surface area contributed by atoms with E-state index in [-0.39, 0.29) is 0 Å². The number of likely N-dealkylation sites (tertiary alicyclic amines) is 1. The first-order valence-corrected chi connectivity index (χ1v) is 7.56. The van der Waals surface area contributed by atoms with Crippen molar-refractivity contribution in [3.8, 4) is 0 Å². The van der Waals surface area contributed by atoms with Crippen molar-refractivity contribution in [2.75, 3.05) is 19.6 Å². The van der Waals surface area contributed by atoms with Crippen molar-refractivity contribution in [2.45, 2.75) is 46.0 Å². The minimum Gasteiger partial charge on any atom is -0.303 e. The highest BCUT2D eigenvalue weighted by molar-refractivity contribution is 5.21. The third-order valence-electron chi connectivity index (χ3n) is 4.21. The summed E-state index contributed by atoms with van der Waals surface area (Å²) >= 11 is 0. The lowest BCUT2D eigenvalue weighted by atomic mass is 9.90. The maximum Gasteiger partial charge on any atom is -0.00161 e. The fourth-order valence-corrected chi connectivity index (χ4v) is 2.94. The monoisotopic (exact) mass is 245 g/mol. The van der Waals surface area contributed by atoms with Gasteiger partial charge in [-0.2, -0.15) is 0 Å². The van der Waals surface area contributed by atoms with Gasteiger partial charge in [-0.1, -0.05) is 36.8 Å². The molecule has 0 unspecified atom stereocenters. The number of piperidine rings is 1. The smallest absolute Gasteiger partial charge is 0.00161 e. The topological polar surface area (TPSA) is 3.24 Å². The van der Waals surface area contributed by atoms with Crippen LogP contribution in [0, 0.1) is 12.8 Å². The molecule has 0 spiro atoms. The van der Waals surface area contributed by atoms with Gasteiger partial charge in [-0.15, -0.1) is 0 Å². The summed E-state index contributed by atoms with van der Waals surface area (Å²) in [4.78, 5) is 2.63. The zero-order valence-corrected chi connectivity index (χ0v) is 12.0. The SMILES string of the molecule is CCCN1CCC(CCc2ccc(C)cc2)CC1.